The Bertz CT molecular complexity index is 518. The highest BCUT2D eigenvalue weighted by atomic mass is 35.5. The molecule has 142 valence electrons. The van der Waals surface area contributed by atoms with Crippen molar-refractivity contribution in [3.05, 3.63) is 29.8 Å². The lowest BCUT2D eigenvalue weighted by atomic mass is 10.1. The number of hydrogen-bond donors (Lipinski definition) is 2. The highest BCUT2D eigenvalue weighted by Gasteiger charge is 2.13. The second-order valence-corrected chi connectivity index (χ2v) is 6.44. The molecule has 1 aromatic carbocycles. The minimum atomic E-state index is 0. The third-order valence-electron chi connectivity index (χ3n) is 3.98. The number of nitrogens with two attached hydrogens (primary N) is 1. The van der Waals surface area contributed by atoms with Crippen LogP contribution in [-0.4, -0.2) is 29.3 Å². The van der Waals surface area contributed by atoms with Crippen molar-refractivity contribution in [2.75, 3.05) is 11.9 Å². The zero-order chi connectivity index (χ0) is 17.9. The molecule has 0 aliphatic carbocycles. The molecule has 0 bridgehead atoms. The second kappa shape index (κ2) is 12.7. The summed E-state index contributed by atoms with van der Waals surface area (Å²) in [6, 6.07) is 7.85. The fourth-order valence-electron chi connectivity index (χ4n) is 2.55. The molecule has 0 saturated carbocycles. The molecule has 0 aromatic heterocycles. The van der Waals surface area contributed by atoms with Gasteiger partial charge in [-0.1, -0.05) is 25.0 Å². The maximum absolute atomic E-state index is 11.9. The normalized spacial score (nSPS) is 10.3. The summed E-state index contributed by atoms with van der Waals surface area (Å²) in [6.45, 7) is 6.90. The van der Waals surface area contributed by atoms with Crippen LogP contribution in [0.5, 0.6) is 0 Å². The topological polar surface area (TPSA) is 75.4 Å². The van der Waals surface area contributed by atoms with Crippen LogP contribution in [0.3, 0.4) is 0 Å². The largest absolute Gasteiger partial charge is 0.336 e. The van der Waals surface area contributed by atoms with Gasteiger partial charge in [-0.05, 0) is 50.9 Å². The summed E-state index contributed by atoms with van der Waals surface area (Å²) in [7, 11) is 0. The number of halogens is 1. The van der Waals surface area contributed by atoms with Crippen LogP contribution < -0.4 is 11.1 Å². The average molecular weight is 370 g/mol. The van der Waals surface area contributed by atoms with E-state index in [1.54, 1.807) is 6.92 Å². The molecular formula is C19H32ClN3O2. The number of rotatable bonds is 10. The molecule has 2 amide bonds. The van der Waals surface area contributed by atoms with Crippen molar-refractivity contribution in [3.8, 4) is 0 Å². The van der Waals surface area contributed by atoms with Crippen LogP contribution in [0.2, 0.25) is 0 Å². The molecule has 0 radical (unpaired) electrons. The van der Waals surface area contributed by atoms with Gasteiger partial charge >= 0.3 is 0 Å². The van der Waals surface area contributed by atoms with Crippen molar-refractivity contribution < 1.29 is 9.59 Å². The van der Waals surface area contributed by atoms with Crippen LogP contribution in [0.1, 0.15) is 58.4 Å². The van der Waals surface area contributed by atoms with E-state index in [2.05, 4.69) is 5.32 Å². The third-order valence-corrected chi connectivity index (χ3v) is 3.98. The van der Waals surface area contributed by atoms with Gasteiger partial charge in [0, 0.05) is 31.6 Å². The van der Waals surface area contributed by atoms with Crippen LogP contribution in [0.25, 0.3) is 0 Å². The van der Waals surface area contributed by atoms with E-state index in [4.69, 9.17) is 5.73 Å². The molecule has 0 atom stereocenters. The van der Waals surface area contributed by atoms with Gasteiger partial charge in [-0.3, -0.25) is 9.59 Å². The van der Waals surface area contributed by atoms with Gasteiger partial charge in [-0.25, -0.2) is 0 Å². The van der Waals surface area contributed by atoms with Gasteiger partial charge in [0.2, 0.25) is 11.8 Å². The third kappa shape index (κ3) is 9.46. The molecule has 0 fully saturated rings. The smallest absolute Gasteiger partial charge is 0.224 e. The zero-order valence-corrected chi connectivity index (χ0v) is 16.4. The Kier molecular flexibility index (Phi) is 11.9. The number of hydrogen-bond acceptors (Lipinski definition) is 3. The van der Waals surface area contributed by atoms with Crippen molar-refractivity contribution in [2.24, 2.45) is 5.73 Å². The molecule has 0 unspecified atom stereocenters. The molecule has 0 aliphatic heterocycles. The first-order valence-electron chi connectivity index (χ1n) is 8.80. The first-order valence-corrected chi connectivity index (χ1v) is 8.80. The van der Waals surface area contributed by atoms with Gasteiger partial charge in [0.25, 0.3) is 0 Å². The van der Waals surface area contributed by atoms with Gasteiger partial charge in [0.1, 0.15) is 0 Å². The monoisotopic (exact) mass is 369 g/mol. The van der Waals surface area contributed by atoms with Crippen LogP contribution in [-0.2, 0) is 16.1 Å². The molecule has 0 spiro atoms. The van der Waals surface area contributed by atoms with E-state index >= 15 is 0 Å². The van der Waals surface area contributed by atoms with Crippen molar-refractivity contribution in [3.63, 3.8) is 0 Å². The Morgan fingerprint density at radius 2 is 1.68 bits per heavy atom. The standard InChI is InChI=1S/C19H31N3O2.ClH/c1-15(2)22(16(3)23)14-17-9-11-18(12-10-17)21-19(24)8-6-4-5-7-13-20;/h9-12,15H,4-8,13-14,20H2,1-3H3,(H,21,24);1H. The highest BCUT2D eigenvalue weighted by molar-refractivity contribution is 5.90. The van der Waals surface area contributed by atoms with E-state index in [1.807, 2.05) is 43.0 Å². The molecule has 0 saturated heterocycles. The Morgan fingerprint density at radius 1 is 1.08 bits per heavy atom. The lowest BCUT2D eigenvalue weighted by Gasteiger charge is -2.25. The number of carbonyl (C=O) groups excluding carboxylic acids is 2. The number of amides is 2. The zero-order valence-electron chi connectivity index (χ0n) is 15.6. The number of nitrogens with zero attached hydrogens (tertiary/aromatic N) is 1. The first kappa shape index (κ1) is 23.4. The minimum absolute atomic E-state index is 0. The molecule has 5 nitrogen and oxygen atoms in total. The van der Waals surface area contributed by atoms with Crippen molar-refractivity contribution in [1.29, 1.82) is 0 Å². The SMILES string of the molecule is CC(=O)N(Cc1ccc(NC(=O)CCCCCCN)cc1)C(C)C.Cl. The van der Waals surface area contributed by atoms with Gasteiger partial charge in [0.05, 0.1) is 0 Å². The number of anilines is 1. The molecule has 1 aromatic rings. The predicted octanol–water partition coefficient (Wildman–Crippen LogP) is 3.71. The summed E-state index contributed by atoms with van der Waals surface area (Å²) in [4.78, 5) is 25.3. The predicted molar refractivity (Wildman–Crippen MR) is 106 cm³/mol. The second-order valence-electron chi connectivity index (χ2n) is 6.44. The summed E-state index contributed by atoms with van der Waals surface area (Å²) in [5.41, 5.74) is 7.30. The maximum Gasteiger partial charge on any atom is 0.224 e. The molecule has 0 aliphatic rings. The Hall–Kier alpha value is -1.59. The highest BCUT2D eigenvalue weighted by Crippen LogP contribution is 2.14. The Morgan fingerprint density at radius 3 is 2.20 bits per heavy atom. The van der Waals surface area contributed by atoms with Gasteiger partial charge in [0.15, 0.2) is 0 Å². The fourth-order valence-corrected chi connectivity index (χ4v) is 2.55. The molecule has 0 heterocycles. The van der Waals surface area contributed by atoms with E-state index in [0.717, 1.165) is 43.5 Å². The number of unbranched alkanes of at least 4 members (excludes halogenated alkanes) is 3. The van der Waals surface area contributed by atoms with E-state index in [-0.39, 0.29) is 30.3 Å². The summed E-state index contributed by atoms with van der Waals surface area (Å²) in [5.74, 6) is 0.111. The van der Waals surface area contributed by atoms with E-state index in [0.29, 0.717) is 13.0 Å². The summed E-state index contributed by atoms with van der Waals surface area (Å²) in [6.07, 6.45) is 4.58. The van der Waals surface area contributed by atoms with Gasteiger partial charge < -0.3 is 16.0 Å². The first-order chi connectivity index (χ1) is 11.4. The van der Waals surface area contributed by atoms with Crippen LogP contribution in [0.15, 0.2) is 24.3 Å². The lowest BCUT2D eigenvalue weighted by molar-refractivity contribution is -0.131. The lowest BCUT2D eigenvalue weighted by Crippen LogP contribution is -2.34. The van der Waals surface area contributed by atoms with Crippen LogP contribution in [0, 0.1) is 0 Å². The number of carbonyl (C=O) groups is 2. The van der Waals surface area contributed by atoms with Crippen molar-refractivity contribution in [1.82, 2.24) is 4.90 Å². The maximum atomic E-state index is 11.9. The van der Waals surface area contributed by atoms with Crippen LogP contribution >= 0.6 is 12.4 Å². The van der Waals surface area contributed by atoms with E-state index in [9.17, 15) is 9.59 Å². The van der Waals surface area contributed by atoms with E-state index < -0.39 is 0 Å². The molecule has 1 rings (SSSR count). The summed E-state index contributed by atoms with van der Waals surface area (Å²) < 4.78 is 0. The van der Waals surface area contributed by atoms with Crippen molar-refractivity contribution in [2.45, 2.75) is 65.5 Å². The number of benzene rings is 1. The summed E-state index contributed by atoms with van der Waals surface area (Å²) >= 11 is 0. The Labute approximate surface area is 157 Å². The molecule has 25 heavy (non-hydrogen) atoms. The summed E-state index contributed by atoms with van der Waals surface area (Å²) in [5, 5.41) is 2.91. The molecule has 6 heteroatoms. The molecule has 3 N–H and O–H groups in total. The average Bonchev–Trinajstić information content (AvgIpc) is 2.53. The van der Waals surface area contributed by atoms with Crippen LogP contribution in [0.4, 0.5) is 5.69 Å². The number of nitrogens with one attached hydrogen (secondary N) is 1. The quantitative estimate of drug-likeness (QED) is 0.617. The van der Waals surface area contributed by atoms with E-state index in [1.165, 1.54) is 0 Å². The van der Waals surface area contributed by atoms with Crippen molar-refractivity contribution >= 4 is 29.9 Å². The minimum Gasteiger partial charge on any atom is -0.336 e. The van der Waals surface area contributed by atoms with Gasteiger partial charge in [-0.2, -0.15) is 0 Å². The van der Waals surface area contributed by atoms with Gasteiger partial charge in [-0.15, -0.1) is 12.4 Å². The fraction of sp³-hybridized carbons (Fsp3) is 0.579. The Balaban J connectivity index is 0.00000576. The molecular weight excluding hydrogens is 338 g/mol.